The van der Waals surface area contributed by atoms with Crippen molar-refractivity contribution in [2.24, 2.45) is 10.3 Å². The predicted octanol–water partition coefficient (Wildman–Crippen LogP) is 6.46. The molecule has 158 valence electrons. The van der Waals surface area contributed by atoms with E-state index in [0.29, 0.717) is 0 Å². The normalized spacial score (nSPS) is 11.1. The van der Waals surface area contributed by atoms with Gasteiger partial charge in [-0.3, -0.25) is 0 Å². The second-order valence-corrected chi connectivity index (χ2v) is 7.14. The second kappa shape index (κ2) is 9.95. The molecule has 0 fully saturated rings. The Bertz CT molecular complexity index is 1100. The molecule has 0 aliphatic heterocycles. The van der Waals surface area contributed by atoms with Crippen molar-refractivity contribution >= 4 is 35.2 Å². The van der Waals surface area contributed by atoms with Gasteiger partial charge in [0.05, 0.1) is 12.4 Å². The summed E-state index contributed by atoms with van der Waals surface area (Å²) in [4.78, 5) is 0. The fraction of sp³-hybridized carbons (Fsp3) is 0. The third-order valence-corrected chi connectivity index (χ3v) is 4.92. The molecule has 0 amide bonds. The van der Waals surface area contributed by atoms with Crippen molar-refractivity contribution in [3.8, 4) is 11.1 Å². The molecule has 0 radical (unpaired) electrons. The number of hydrogen-bond donors (Lipinski definition) is 4. The van der Waals surface area contributed by atoms with Gasteiger partial charge in [-0.25, -0.2) is 0 Å². The van der Waals surface area contributed by atoms with Gasteiger partial charge in [-0.1, -0.05) is 58.8 Å². The molecular formula is C26H22N4O2. The van der Waals surface area contributed by atoms with Crippen molar-refractivity contribution in [3.63, 3.8) is 0 Å². The summed E-state index contributed by atoms with van der Waals surface area (Å²) < 4.78 is 0. The SMILES string of the molecule is O/N=C/c1ccc(Nc2ccc(-c3ccc(Nc4ccc(/C=N/O)cc4)cc3)cc2)cc1. The van der Waals surface area contributed by atoms with Crippen LogP contribution in [0.4, 0.5) is 22.7 Å². The minimum Gasteiger partial charge on any atom is -0.411 e. The van der Waals surface area contributed by atoms with Crippen molar-refractivity contribution in [2.45, 2.75) is 0 Å². The molecule has 0 aliphatic carbocycles. The molecule has 0 atom stereocenters. The molecule has 4 aromatic rings. The molecular weight excluding hydrogens is 400 g/mol. The van der Waals surface area contributed by atoms with Crippen molar-refractivity contribution < 1.29 is 10.4 Å². The molecule has 4 aromatic carbocycles. The minimum absolute atomic E-state index is 0.833. The van der Waals surface area contributed by atoms with E-state index in [9.17, 15) is 0 Å². The summed E-state index contributed by atoms with van der Waals surface area (Å²) >= 11 is 0. The third-order valence-electron chi connectivity index (χ3n) is 4.92. The number of rotatable bonds is 7. The zero-order valence-electron chi connectivity index (χ0n) is 17.2. The standard InChI is InChI=1S/C26H22N4O2/c31-27-17-19-1-9-23(10-2-19)29-25-13-5-21(6-14-25)22-7-15-26(16-8-22)30-24-11-3-20(4-12-24)18-28-32/h1-18,29-32H/b27-17+,28-18+. The van der Waals surface area contributed by atoms with Gasteiger partial charge in [0.1, 0.15) is 0 Å². The summed E-state index contributed by atoms with van der Waals surface area (Å²) in [6.07, 6.45) is 2.78. The number of nitrogens with one attached hydrogen (secondary N) is 2. The first-order valence-electron chi connectivity index (χ1n) is 10.0. The summed E-state index contributed by atoms with van der Waals surface area (Å²) in [5.41, 5.74) is 7.82. The maximum Gasteiger partial charge on any atom is 0.0733 e. The molecule has 0 saturated heterocycles. The van der Waals surface area contributed by atoms with Gasteiger partial charge in [-0.05, 0) is 70.8 Å². The monoisotopic (exact) mass is 422 g/mol. The Morgan fingerprint density at radius 3 is 1.00 bits per heavy atom. The number of anilines is 4. The highest BCUT2D eigenvalue weighted by atomic mass is 16.4. The Labute approximate surface area is 186 Å². The summed E-state index contributed by atoms with van der Waals surface area (Å²) in [5, 5.41) is 30.0. The first kappa shape index (κ1) is 20.7. The van der Waals surface area contributed by atoms with E-state index in [4.69, 9.17) is 10.4 Å². The van der Waals surface area contributed by atoms with Gasteiger partial charge in [0.15, 0.2) is 0 Å². The molecule has 0 unspecified atom stereocenters. The van der Waals surface area contributed by atoms with Crippen LogP contribution < -0.4 is 10.6 Å². The maximum atomic E-state index is 8.59. The Kier molecular flexibility index (Phi) is 6.43. The lowest BCUT2D eigenvalue weighted by Crippen LogP contribution is -1.92. The Morgan fingerprint density at radius 1 is 0.438 bits per heavy atom. The topological polar surface area (TPSA) is 89.2 Å². The molecule has 0 saturated carbocycles. The molecule has 0 aliphatic rings. The van der Waals surface area contributed by atoms with E-state index in [1.54, 1.807) is 0 Å². The summed E-state index contributed by atoms with van der Waals surface area (Å²) in [7, 11) is 0. The molecule has 0 spiro atoms. The molecule has 6 nitrogen and oxygen atoms in total. The predicted molar refractivity (Wildman–Crippen MR) is 130 cm³/mol. The second-order valence-electron chi connectivity index (χ2n) is 7.14. The highest BCUT2D eigenvalue weighted by molar-refractivity contribution is 5.81. The van der Waals surface area contributed by atoms with E-state index >= 15 is 0 Å². The van der Waals surface area contributed by atoms with Crippen molar-refractivity contribution in [1.29, 1.82) is 0 Å². The first-order valence-corrected chi connectivity index (χ1v) is 10.0. The van der Waals surface area contributed by atoms with Crippen molar-refractivity contribution in [1.82, 2.24) is 0 Å². The van der Waals surface area contributed by atoms with Gasteiger partial charge in [0.25, 0.3) is 0 Å². The van der Waals surface area contributed by atoms with Crippen LogP contribution in [0.5, 0.6) is 0 Å². The fourth-order valence-corrected chi connectivity index (χ4v) is 3.26. The van der Waals surface area contributed by atoms with Crippen LogP contribution in [0.15, 0.2) is 107 Å². The highest BCUT2D eigenvalue weighted by Gasteiger charge is 2.01. The van der Waals surface area contributed by atoms with E-state index in [2.05, 4.69) is 45.2 Å². The maximum absolute atomic E-state index is 8.59. The average Bonchev–Trinajstić information content (AvgIpc) is 2.83. The zero-order valence-corrected chi connectivity index (χ0v) is 17.2. The number of hydrogen-bond acceptors (Lipinski definition) is 6. The zero-order chi connectivity index (χ0) is 22.2. The van der Waals surface area contributed by atoms with Crippen LogP contribution in [0.1, 0.15) is 11.1 Å². The first-order chi connectivity index (χ1) is 15.7. The van der Waals surface area contributed by atoms with Gasteiger partial charge in [0.2, 0.25) is 0 Å². The molecule has 0 aromatic heterocycles. The molecule has 6 heteroatoms. The highest BCUT2D eigenvalue weighted by Crippen LogP contribution is 2.26. The third kappa shape index (κ3) is 5.31. The number of benzene rings is 4. The van der Waals surface area contributed by atoms with Crippen molar-refractivity contribution in [2.75, 3.05) is 10.6 Å². The van der Waals surface area contributed by atoms with Crippen LogP contribution in [0.25, 0.3) is 11.1 Å². The van der Waals surface area contributed by atoms with Gasteiger partial charge >= 0.3 is 0 Å². The van der Waals surface area contributed by atoms with E-state index in [1.807, 2.05) is 72.8 Å². The lowest BCUT2D eigenvalue weighted by atomic mass is 10.0. The van der Waals surface area contributed by atoms with E-state index in [0.717, 1.165) is 45.0 Å². The molecule has 32 heavy (non-hydrogen) atoms. The van der Waals surface area contributed by atoms with Crippen LogP contribution in [-0.2, 0) is 0 Å². The van der Waals surface area contributed by atoms with Gasteiger partial charge < -0.3 is 21.0 Å². The van der Waals surface area contributed by atoms with E-state index in [-0.39, 0.29) is 0 Å². The Hall–Kier alpha value is -4.58. The quantitative estimate of drug-likeness (QED) is 0.156. The lowest BCUT2D eigenvalue weighted by Gasteiger charge is -2.10. The summed E-state index contributed by atoms with van der Waals surface area (Å²) in [6.45, 7) is 0. The van der Waals surface area contributed by atoms with Crippen LogP contribution in [-0.4, -0.2) is 22.8 Å². The van der Waals surface area contributed by atoms with E-state index < -0.39 is 0 Å². The van der Waals surface area contributed by atoms with E-state index in [1.165, 1.54) is 12.4 Å². The van der Waals surface area contributed by atoms with Crippen LogP contribution in [0.3, 0.4) is 0 Å². The average molecular weight is 422 g/mol. The van der Waals surface area contributed by atoms with Crippen LogP contribution in [0, 0.1) is 0 Å². The fourth-order valence-electron chi connectivity index (χ4n) is 3.26. The van der Waals surface area contributed by atoms with Gasteiger partial charge in [-0.15, -0.1) is 0 Å². The summed E-state index contributed by atoms with van der Waals surface area (Å²) in [5.74, 6) is 0. The van der Waals surface area contributed by atoms with Crippen LogP contribution in [0.2, 0.25) is 0 Å². The lowest BCUT2D eigenvalue weighted by molar-refractivity contribution is 0.321. The molecule has 0 bridgehead atoms. The van der Waals surface area contributed by atoms with Gasteiger partial charge in [-0.2, -0.15) is 0 Å². The van der Waals surface area contributed by atoms with Gasteiger partial charge in [0, 0.05) is 22.7 Å². The summed E-state index contributed by atoms with van der Waals surface area (Å²) in [6, 6.07) is 31.8. The molecule has 0 heterocycles. The van der Waals surface area contributed by atoms with Crippen LogP contribution >= 0.6 is 0 Å². The smallest absolute Gasteiger partial charge is 0.0733 e. The number of oxime groups is 2. The molecule has 4 rings (SSSR count). The molecule has 4 N–H and O–H groups in total. The Morgan fingerprint density at radius 2 is 0.719 bits per heavy atom. The van der Waals surface area contributed by atoms with Crippen molar-refractivity contribution in [3.05, 3.63) is 108 Å². The largest absolute Gasteiger partial charge is 0.411 e. The minimum atomic E-state index is 0.833. The Balaban J connectivity index is 1.39. The number of nitrogens with zero attached hydrogens (tertiary/aromatic N) is 2.